The second kappa shape index (κ2) is 11.4. The highest BCUT2D eigenvalue weighted by Gasteiger charge is 2.26. The Labute approximate surface area is 225 Å². The molecular weight excluding hydrogens is 479 g/mol. The summed E-state index contributed by atoms with van der Waals surface area (Å²) in [7, 11) is 0. The summed E-state index contributed by atoms with van der Waals surface area (Å²) in [5.74, 6) is -0.217. The van der Waals surface area contributed by atoms with Gasteiger partial charge in [0.2, 0.25) is 0 Å². The number of amides is 1. The molecule has 202 valence electrons. The van der Waals surface area contributed by atoms with Crippen LogP contribution in [0.5, 0.6) is 0 Å². The summed E-state index contributed by atoms with van der Waals surface area (Å²) < 4.78 is 21.2. The van der Waals surface area contributed by atoms with Crippen molar-refractivity contribution in [2.45, 2.75) is 59.6 Å². The zero-order chi connectivity index (χ0) is 27.4. The lowest BCUT2D eigenvalue weighted by atomic mass is 9.93. The molecule has 4 rings (SSSR count). The van der Waals surface area contributed by atoms with Gasteiger partial charge >= 0.3 is 6.09 Å². The fourth-order valence-corrected chi connectivity index (χ4v) is 4.87. The summed E-state index contributed by atoms with van der Waals surface area (Å²) in [6.07, 6.45) is 5.51. The zero-order valence-corrected chi connectivity index (χ0v) is 23.3. The van der Waals surface area contributed by atoms with Crippen LogP contribution in [0.3, 0.4) is 0 Å². The van der Waals surface area contributed by atoms with E-state index in [-0.39, 0.29) is 11.9 Å². The summed E-state index contributed by atoms with van der Waals surface area (Å²) in [6.45, 7) is 17.5. The topological polar surface area (TPSA) is 50.6 Å². The summed E-state index contributed by atoms with van der Waals surface area (Å²) >= 11 is 0. The van der Waals surface area contributed by atoms with E-state index >= 15 is 0 Å². The van der Waals surface area contributed by atoms with Gasteiger partial charge in [-0.15, -0.1) is 0 Å². The number of benzene rings is 2. The molecule has 0 atom stereocenters. The second-order valence-corrected chi connectivity index (χ2v) is 10.9. The molecule has 1 aromatic heterocycles. The molecular formula is C31H39FN4O2. The SMILES string of the molecule is C=C(CCn1ncc2cc(/C(=C/CC)c3ccc(F)cc3C)ccc21)N1CCN(C(=O)OC(C)(C)C)CC1. The van der Waals surface area contributed by atoms with Gasteiger partial charge in [0.25, 0.3) is 0 Å². The van der Waals surface area contributed by atoms with Gasteiger partial charge in [-0.05, 0) is 80.6 Å². The molecule has 2 heterocycles. The molecule has 0 N–H and O–H groups in total. The van der Waals surface area contributed by atoms with E-state index < -0.39 is 5.60 Å². The summed E-state index contributed by atoms with van der Waals surface area (Å²) in [4.78, 5) is 16.4. The van der Waals surface area contributed by atoms with E-state index in [0.29, 0.717) is 13.1 Å². The van der Waals surface area contributed by atoms with E-state index in [1.807, 2.05) is 44.6 Å². The first-order chi connectivity index (χ1) is 18.1. The van der Waals surface area contributed by atoms with Crippen LogP contribution >= 0.6 is 0 Å². The lowest BCUT2D eigenvalue weighted by Crippen LogP contribution is -2.49. The molecule has 1 amide bonds. The predicted octanol–water partition coefficient (Wildman–Crippen LogP) is 6.78. The van der Waals surface area contributed by atoms with Crippen LogP contribution in [0.15, 0.2) is 60.9 Å². The molecule has 6 nitrogen and oxygen atoms in total. The largest absolute Gasteiger partial charge is 0.444 e. The quantitative estimate of drug-likeness (QED) is 0.346. The maximum absolute atomic E-state index is 13.7. The van der Waals surface area contributed by atoms with E-state index in [4.69, 9.17) is 4.74 Å². The average Bonchev–Trinajstić information content (AvgIpc) is 3.27. The number of hydrogen-bond acceptors (Lipinski definition) is 4. The monoisotopic (exact) mass is 518 g/mol. The average molecular weight is 519 g/mol. The molecule has 2 aromatic carbocycles. The van der Waals surface area contributed by atoms with Crippen molar-refractivity contribution in [3.8, 4) is 0 Å². The standard InChI is InChI=1S/C31H39FN4O2/c1-7-8-28(27-11-10-26(32)19-22(27)2)24-9-12-29-25(20-24)21-33-36(29)14-13-23(3)34-15-17-35(18-16-34)30(37)38-31(4,5)6/h8-12,19-21H,3,7,13-18H2,1-2,4-6H3/b28-8-. The van der Waals surface area contributed by atoms with Crippen molar-refractivity contribution in [1.82, 2.24) is 19.6 Å². The van der Waals surface area contributed by atoms with Crippen LogP contribution in [0.4, 0.5) is 9.18 Å². The molecule has 0 radical (unpaired) electrons. The number of piperazine rings is 1. The Balaban J connectivity index is 1.40. The third-order valence-electron chi connectivity index (χ3n) is 6.83. The Morgan fingerprint density at radius 1 is 1.11 bits per heavy atom. The van der Waals surface area contributed by atoms with Crippen LogP contribution in [0, 0.1) is 12.7 Å². The lowest BCUT2D eigenvalue weighted by Gasteiger charge is -2.37. The Morgan fingerprint density at radius 3 is 2.47 bits per heavy atom. The number of ether oxygens (including phenoxy) is 1. The highest BCUT2D eigenvalue weighted by Crippen LogP contribution is 2.30. The van der Waals surface area contributed by atoms with Crippen molar-refractivity contribution in [3.05, 3.63) is 83.5 Å². The number of allylic oxidation sites excluding steroid dienone is 2. The van der Waals surface area contributed by atoms with E-state index in [9.17, 15) is 9.18 Å². The first kappa shape index (κ1) is 27.4. The minimum atomic E-state index is -0.487. The van der Waals surface area contributed by atoms with E-state index in [1.165, 1.54) is 6.07 Å². The summed E-state index contributed by atoms with van der Waals surface area (Å²) in [6, 6.07) is 11.4. The van der Waals surface area contributed by atoms with Gasteiger partial charge < -0.3 is 14.5 Å². The highest BCUT2D eigenvalue weighted by molar-refractivity contribution is 5.88. The van der Waals surface area contributed by atoms with Crippen molar-refractivity contribution in [2.24, 2.45) is 0 Å². The van der Waals surface area contributed by atoms with Gasteiger partial charge in [-0.1, -0.05) is 31.7 Å². The summed E-state index contributed by atoms with van der Waals surface area (Å²) in [5, 5.41) is 5.72. The van der Waals surface area contributed by atoms with Crippen LogP contribution in [0.2, 0.25) is 0 Å². The Kier molecular flexibility index (Phi) is 8.24. The molecule has 38 heavy (non-hydrogen) atoms. The number of rotatable bonds is 7. The molecule has 3 aromatic rings. The Morgan fingerprint density at radius 2 is 1.82 bits per heavy atom. The maximum Gasteiger partial charge on any atom is 0.410 e. The molecule has 0 bridgehead atoms. The second-order valence-electron chi connectivity index (χ2n) is 10.9. The summed E-state index contributed by atoms with van der Waals surface area (Å²) in [5.41, 5.74) is 5.81. The van der Waals surface area contributed by atoms with Gasteiger partial charge in [0.1, 0.15) is 11.4 Å². The number of carbonyl (C=O) groups is 1. The van der Waals surface area contributed by atoms with Crippen molar-refractivity contribution in [2.75, 3.05) is 26.2 Å². The van der Waals surface area contributed by atoms with Gasteiger partial charge in [0.15, 0.2) is 0 Å². The molecule has 1 aliphatic rings. The Hall–Kier alpha value is -3.61. The third-order valence-corrected chi connectivity index (χ3v) is 6.83. The fourth-order valence-electron chi connectivity index (χ4n) is 4.87. The molecule has 1 saturated heterocycles. The predicted molar refractivity (Wildman–Crippen MR) is 151 cm³/mol. The first-order valence-corrected chi connectivity index (χ1v) is 13.4. The molecule has 0 saturated carbocycles. The van der Waals surface area contributed by atoms with Crippen molar-refractivity contribution < 1.29 is 13.9 Å². The lowest BCUT2D eigenvalue weighted by molar-refractivity contribution is 0.0166. The van der Waals surface area contributed by atoms with Gasteiger partial charge in [-0.3, -0.25) is 4.68 Å². The van der Waals surface area contributed by atoms with Crippen molar-refractivity contribution >= 4 is 22.6 Å². The van der Waals surface area contributed by atoms with Crippen LogP contribution in [0.25, 0.3) is 16.5 Å². The van der Waals surface area contributed by atoms with Gasteiger partial charge in [-0.25, -0.2) is 9.18 Å². The Bertz CT molecular complexity index is 1340. The highest BCUT2D eigenvalue weighted by atomic mass is 19.1. The minimum absolute atomic E-state index is 0.217. The number of fused-ring (bicyclic) bond motifs is 1. The minimum Gasteiger partial charge on any atom is -0.444 e. The molecule has 0 unspecified atom stereocenters. The van der Waals surface area contributed by atoms with Gasteiger partial charge in [-0.2, -0.15) is 5.10 Å². The third kappa shape index (κ3) is 6.44. The number of aromatic nitrogens is 2. The fraction of sp³-hybridized carbons (Fsp3) is 0.419. The van der Waals surface area contributed by atoms with Crippen molar-refractivity contribution in [1.29, 1.82) is 0 Å². The van der Waals surface area contributed by atoms with E-state index in [1.54, 1.807) is 11.0 Å². The van der Waals surface area contributed by atoms with E-state index in [2.05, 4.69) is 47.8 Å². The van der Waals surface area contributed by atoms with Gasteiger partial charge in [0.05, 0.1) is 11.7 Å². The van der Waals surface area contributed by atoms with Crippen LogP contribution in [-0.2, 0) is 11.3 Å². The molecule has 0 spiro atoms. The van der Waals surface area contributed by atoms with Crippen LogP contribution < -0.4 is 0 Å². The number of nitrogens with zero attached hydrogens (tertiary/aromatic N) is 4. The smallest absolute Gasteiger partial charge is 0.410 e. The molecule has 1 aliphatic heterocycles. The van der Waals surface area contributed by atoms with Crippen molar-refractivity contribution in [3.63, 3.8) is 0 Å². The van der Waals surface area contributed by atoms with Crippen LogP contribution in [0.1, 0.15) is 57.2 Å². The first-order valence-electron chi connectivity index (χ1n) is 13.4. The maximum atomic E-state index is 13.7. The van der Waals surface area contributed by atoms with Gasteiger partial charge in [0, 0.05) is 50.2 Å². The normalized spacial score (nSPS) is 14.7. The van der Waals surface area contributed by atoms with Crippen LogP contribution in [-0.4, -0.2) is 57.5 Å². The van der Waals surface area contributed by atoms with E-state index in [0.717, 1.165) is 71.3 Å². The number of aryl methyl sites for hydroxylation is 2. The zero-order valence-electron chi connectivity index (χ0n) is 23.3. The molecule has 1 fully saturated rings. The number of carbonyl (C=O) groups excluding carboxylic acids is 1. The molecule has 0 aliphatic carbocycles. The number of halogens is 1. The molecule has 7 heteroatoms. The number of hydrogen-bond donors (Lipinski definition) is 0.